The summed E-state index contributed by atoms with van der Waals surface area (Å²) in [6, 6.07) is 0. The molecular formula is C6H10O4. The molecule has 0 aromatic carbocycles. The lowest BCUT2D eigenvalue weighted by Gasteiger charge is -2.02. The van der Waals surface area contributed by atoms with Crippen molar-refractivity contribution in [3.05, 3.63) is 0 Å². The first-order valence-electron chi connectivity index (χ1n) is 3.38. The van der Waals surface area contributed by atoms with E-state index in [1.54, 1.807) is 0 Å². The standard InChI is InChI=1S/C6H10O4/c7-6(4-10-6)1-2-8-5-3-9-5/h5,7H,1-4H2. The highest BCUT2D eigenvalue weighted by atomic mass is 16.8. The summed E-state index contributed by atoms with van der Waals surface area (Å²) in [7, 11) is 0. The smallest absolute Gasteiger partial charge is 0.191 e. The lowest BCUT2D eigenvalue weighted by Crippen LogP contribution is -2.13. The molecule has 58 valence electrons. The van der Waals surface area contributed by atoms with Gasteiger partial charge in [0.05, 0.1) is 6.61 Å². The van der Waals surface area contributed by atoms with Crippen molar-refractivity contribution in [1.29, 1.82) is 0 Å². The molecule has 0 aliphatic carbocycles. The zero-order valence-electron chi connectivity index (χ0n) is 5.58. The molecule has 1 N–H and O–H groups in total. The van der Waals surface area contributed by atoms with E-state index in [-0.39, 0.29) is 6.29 Å². The van der Waals surface area contributed by atoms with E-state index in [1.165, 1.54) is 0 Å². The Hall–Kier alpha value is -0.160. The van der Waals surface area contributed by atoms with Crippen molar-refractivity contribution in [3.8, 4) is 0 Å². The van der Waals surface area contributed by atoms with Gasteiger partial charge >= 0.3 is 0 Å². The Kier molecular flexibility index (Phi) is 1.42. The molecule has 0 spiro atoms. The average Bonchev–Trinajstić information content (AvgIpc) is 2.70. The van der Waals surface area contributed by atoms with Crippen LogP contribution in [-0.4, -0.2) is 37.0 Å². The van der Waals surface area contributed by atoms with Crippen molar-refractivity contribution in [2.24, 2.45) is 0 Å². The van der Waals surface area contributed by atoms with Gasteiger partial charge in [-0.1, -0.05) is 0 Å². The van der Waals surface area contributed by atoms with Crippen LogP contribution < -0.4 is 0 Å². The van der Waals surface area contributed by atoms with Gasteiger partial charge in [0.15, 0.2) is 12.1 Å². The first-order chi connectivity index (χ1) is 4.79. The SMILES string of the molecule is OC1(CCOC2CO2)CO1. The van der Waals surface area contributed by atoms with Crippen LogP contribution in [0.2, 0.25) is 0 Å². The van der Waals surface area contributed by atoms with Crippen molar-refractivity contribution in [2.45, 2.75) is 18.5 Å². The van der Waals surface area contributed by atoms with E-state index in [4.69, 9.17) is 19.3 Å². The highest BCUT2D eigenvalue weighted by Crippen LogP contribution is 2.27. The molecule has 2 saturated heterocycles. The molecule has 0 aromatic heterocycles. The molecule has 2 fully saturated rings. The first-order valence-corrected chi connectivity index (χ1v) is 3.38. The lowest BCUT2D eigenvalue weighted by atomic mass is 10.3. The fourth-order valence-corrected chi connectivity index (χ4v) is 0.713. The van der Waals surface area contributed by atoms with Gasteiger partial charge in [0, 0.05) is 6.42 Å². The minimum Gasteiger partial charge on any atom is -0.364 e. The molecule has 4 nitrogen and oxygen atoms in total. The van der Waals surface area contributed by atoms with Gasteiger partial charge in [-0.15, -0.1) is 0 Å². The molecule has 2 unspecified atom stereocenters. The molecule has 10 heavy (non-hydrogen) atoms. The second kappa shape index (κ2) is 2.17. The fourth-order valence-electron chi connectivity index (χ4n) is 0.713. The molecule has 2 heterocycles. The van der Waals surface area contributed by atoms with E-state index in [2.05, 4.69) is 0 Å². The molecule has 4 heteroatoms. The molecule has 0 amide bonds. The highest BCUT2D eigenvalue weighted by molar-refractivity contribution is 4.78. The number of epoxide rings is 2. The van der Waals surface area contributed by atoms with Gasteiger partial charge in [-0.2, -0.15) is 0 Å². The average molecular weight is 146 g/mol. The van der Waals surface area contributed by atoms with Crippen LogP contribution >= 0.6 is 0 Å². The number of hydrogen-bond acceptors (Lipinski definition) is 4. The third kappa shape index (κ3) is 1.67. The third-order valence-electron chi connectivity index (χ3n) is 1.58. The molecule has 2 aliphatic heterocycles. The Labute approximate surface area is 58.7 Å². The Balaban J connectivity index is 1.54. The summed E-state index contributed by atoms with van der Waals surface area (Å²) in [5.74, 6) is -0.866. The Morgan fingerprint density at radius 3 is 2.90 bits per heavy atom. The van der Waals surface area contributed by atoms with Crippen LogP contribution in [0, 0.1) is 0 Å². The maximum absolute atomic E-state index is 9.12. The maximum Gasteiger partial charge on any atom is 0.191 e. The molecule has 0 radical (unpaired) electrons. The van der Waals surface area contributed by atoms with Crippen LogP contribution in [-0.2, 0) is 14.2 Å². The van der Waals surface area contributed by atoms with Crippen molar-refractivity contribution < 1.29 is 19.3 Å². The minimum absolute atomic E-state index is 0.0117. The summed E-state index contributed by atoms with van der Waals surface area (Å²) >= 11 is 0. The van der Waals surface area contributed by atoms with Crippen molar-refractivity contribution in [3.63, 3.8) is 0 Å². The predicted molar refractivity (Wildman–Crippen MR) is 31.2 cm³/mol. The topological polar surface area (TPSA) is 54.5 Å². The summed E-state index contributed by atoms with van der Waals surface area (Å²) in [4.78, 5) is 0. The molecule has 0 saturated carbocycles. The zero-order valence-corrected chi connectivity index (χ0v) is 5.58. The van der Waals surface area contributed by atoms with Crippen LogP contribution in [0.25, 0.3) is 0 Å². The lowest BCUT2D eigenvalue weighted by molar-refractivity contribution is -0.0191. The Morgan fingerprint density at radius 2 is 2.40 bits per heavy atom. The van der Waals surface area contributed by atoms with E-state index < -0.39 is 5.79 Å². The maximum atomic E-state index is 9.12. The number of ether oxygens (including phenoxy) is 3. The highest BCUT2D eigenvalue weighted by Gasteiger charge is 2.42. The monoisotopic (exact) mass is 146 g/mol. The van der Waals surface area contributed by atoms with Crippen LogP contribution in [0.1, 0.15) is 6.42 Å². The molecule has 2 rings (SSSR count). The van der Waals surface area contributed by atoms with Crippen molar-refractivity contribution in [2.75, 3.05) is 19.8 Å². The minimum atomic E-state index is -0.866. The number of aliphatic hydroxyl groups is 1. The third-order valence-corrected chi connectivity index (χ3v) is 1.58. The van der Waals surface area contributed by atoms with Crippen LogP contribution in [0.5, 0.6) is 0 Å². The van der Waals surface area contributed by atoms with Crippen LogP contribution in [0.4, 0.5) is 0 Å². The van der Waals surface area contributed by atoms with Crippen molar-refractivity contribution >= 4 is 0 Å². The van der Waals surface area contributed by atoms with Gasteiger partial charge in [-0.3, -0.25) is 0 Å². The van der Waals surface area contributed by atoms with Gasteiger partial charge < -0.3 is 19.3 Å². The molecule has 0 aromatic rings. The van der Waals surface area contributed by atoms with Gasteiger partial charge in [0.1, 0.15) is 13.2 Å². The molecule has 2 aliphatic rings. The number of rotatable bonds is 4. The zero-order chi connectivity index (χ0) is 7.03. The molecule has 2 atom stereocenters. The summed E-state index contributed by atoms with van der Waals surface area (Å²) in [6.45, 7) is 1.66. The van der Waals surface area contributed by atoms with E-state index in [1.807, 2.05) is 0 Å². The first kappa shape index (κ1) is 6.54. The van der Waals surface area contributed by atoms with Gasteiger partial charge in [-0.05, 0) is 0 Å². The summed E-state index contributed by atoms with van der Waals surface area (Å²) in [5.41, 5.74) is 0. The van der Waals surface area contributed by atoms with E-state index in [9.17, 15) is 0 Å². The number of hydrogen-bond donors (Lipinski definition) is 1. The van der Waals surface area contributed by atoms with E-state index in [0.29, 0.717) is 26.2 Å². The Bertz CT molecular complexity index is 128. The van der Waals surface area contributed by atoms with Gasteiger partial charge in [0.2, 0.25) is 0 Å². The predicted octanol–water partition coefficient (Wildman–Crippen LogP) is -0.532. The van der Waals surface area contributed by atoms with Crippen LogP contribution in [0.15, 0.2) is 0 Å². The second-order valence-electron chi connectivity index (χ2n) is 2.62. The quantitative estimate of drug-likeness (QED) is 0.541. The van der Waals surface area contributed by atoms with Crippen molar-refractivity contribution in [1.82, 2.24) is 0 Å². The molecule has 0 bridgehead atoms. The summed E-state index contributed by atoms with van der Waals surface area (Å²) in [5, 5.41) is 9.12. The Morgan fingerprint density at radius 1 is 1.70 bits per heavy atom. The molecular weight excluding hydrogens is 136 g/mol. The second-order valence-corrected chi connectivity index (χ2v) is 2.62. The largest absolute Gasteiger partial charge is 0.364 e. The van der Waals surface area contributed by atoms with Gasteiger partial charge in [-0.25, -0.2) is 0 Å². The summed E-state index contributed by atoms with van der Waals surface area (Å²) in [6.07, 6.45) is 0.537. The van der Waals surface area contributed by atoms with Crippen LogP contribution in [0.3, 0.4) is 0 Å². The fraction of sp³-hybridized carbons (Fsp3) is 1.00. The van der Waals surface area contributed by atoms with E-state index in [0.717, 1.165) is 0 Å². The normalized spacial score (nSPS) is 43.5. The summed E-state index contributed by atoms with van der Waals surface area (Å²) < 4.78 is 14.6. The van der Waals surface area contributed by atoms with E-state index >= 15 is 0 Å². The van der Waals surface area contributed by atoms with Gasteiger partial charge in [0.25, 0.3) is 0 Å².